The van der Waals surface area contributed by atoms with Crippen molar-refractivity contribution in [3.05, 3.63) is 57.3 Å². The van der Waals surface area contributed by atoms with E-state index < -0.39 is 0 Å². The van der Waals surface area contributed by atoms with E-state index in [-0.39, 0.29) is 5.91 Å². The molecule has 1 aromatic carbocycles. The fourth-order valence-electron chi connectivity index (χ4n) is 2.79. The minimum absolute atomic E-state index is 0.0132. The van der Waals surface area contributed by atoms with E-state index in [2.05, 4.69) is 34.5 Å². The number of rotatable bonds is 5. The lowest BCUT2D eigenvalue weighted by atomic mass is 10.1. The molecule has 3 nitrogen and oxygen atoms in total. The summed E-state index contributed by atoms with van der Waals surface area (Å²) < 4.78 is 0. The lowest BCUT2D eigenvalue weighted by Gasteiger charge is -2.14. The highest BCUT2D eigenvalue weighted by Gasteiger charge is 2.11. The molecule has 2 heterocycles. The van der Waals surface area contributed by atoms with Gasteiger partial charge in [-0.3, -0.25) is 9.69 Å². The van der Waals surface area contributed by atoms with E-state index in [9.17, 15) is 4.79 Å². The topological polar surface area (TPSA) is 32.3 Å². The first-order chi connectivity index (χ1) is 10.7. The number of aryl methyl sites for hydroxylation is 1. The smallest absolute Gasteiger partial charge is 0.261 e. The van der Waals surface area contributed by atoms with Gasteiger partial charge in [-0.05, 0) is 56.1 Å². The maximum absolute atomic E-state index is 12.0. The van der Waals surface area contributed by atoms with Crippen molar-refractivity contribution < 1.29 is 4.79 Å². The summed E-state index contributed by atoms with van der Waals surface area (Å²) in [6.07, 6.45) is 2.65. The van der Waals surface area contributed by atoms with Crippen molar-refractivity contribution in [1.82, 2.24) is 10.2 Å². The zero-order chi connectivity index (χ0) is 15.4. The van der Waals surface area contributed by atoms with Crippen LogP contribution in [0.15, 0.2) is 36.4 Å². The van der Waals surface area contributed by atoms with Gasteiger partial charge in [-0.15, -0.1) is 11.3 Å². The predicted octanol–water partition coefficient (Wildman–Crippen LogP) is 3.58. The van der Waals surface area contributed by atoms with Crippen LogP contribution in [0.5, 0.6) is 0 Å². The van der Waals surface area contributed by atoms with Crippen molar-refractivity contribution in [2.75, 3.05) is 13.1 Å². The molecule has 0 bridgehead atoms. The van der Waals surface area contributed by atoms with E-state index in [1.165, 1.54) is 42.8 Å². The molecule has 1 aliphatic rings. The number of nitrogens with zero attached hydrogens (tertiary/aromatic N) is 1. The first kappa shape index (κ1) is 15.3. The average molecular weight is 314 g/mol. The lowest BCUT2D eigenvalue weighted by molar-refractivity contribution is 0.0955. The van der Waals surface area contributed by atoms with Crippen molar-refractivity contribution in [2.45, 2.75) is 32.9 Å². The van der Waals surface area contributed by atoms with Gasteiger partial charge in [-0.1, -0.05) is 24.3 Å². The molecule has 0 saturated carbocycles. The standard InChI is InChI=1S/C18H22N2OS/c1-14-4-9-17(22-14)18(21)19-12-15-5-7-16(8-6-15)13-20-10-2-3-11-20/h4-9H,2-3,10-13H2,1H3,(H,19,21). The quantitative estimate of drug-likeness (QED) is 0.915. The molecule has 0 atom stereocenters. The van der Waals surface area contributed by atoms with Crippen LogP contribution in [-0.4, -0.2) is 23.9 Å². The molecule has 1 saturated heterocycles. The van der Waals surface area contributed by atoms with Crippen LogP contribution < -0.4 is 5.32 Å². The number of carbonyl (C=O) groups is 1. The van der Waals surface area contributed by atoms with Crippen LogP contribution in [0.4, 0.5) is 0 Å². The number of likely N-dealkylation sites (tertiary alicyclic amines) is 1. The van der Waals surface area contributed by atoms with Gasteiger partial charge in [-0.25, -0.2) is 0 Å². The highest BCUT2D eigenvalue weighted by molar-refractivity contribution is 7.13. The Hall–Kier alpha value is -1.65. The largest absolute Gasteiger partial charge is 0.347 e. The fraction of sp³-hybridized carbons (Fsp3) is 0.389. The van der Waals surface area contributed by atoms with E-state index in [0.717, 1.165) is 21.9 Å². The average Bonchev–Trinajstić information content (AvgIpc) is 3.18. The molecule has 1 fully saturated rings. The van der Waals surface area contributed by atoms with Crippen LogP contribution >= 0.6 is 11.3 Å². The molecule has 22 heavy (non-hydrogen) atoms. The van der Waals surface area contributed by atoms with Crippen LogP contribution in [0.2, 0.25) is 0 Å². The van der Waals surface area contributed by atoms with Crippen LogP contribution in [0.1, 0.15) is 38.5 Å². The van der Waals surface area contributed by atoms with Crippen LogP contribution in [0.3, 0.4) is 0 Å². The van der Waals surface area contributed by atoms with E-state index in [4.69, 9.17) is 0 Å². The van der Waals surface area contributed by atoms with E-state index in [1.807, 2.05) is 19.1 Å². The Morgan fingerprint density at radius 1 is 1.09 bits per heavy atom. The molecule has 1 N–H and O–H groups in total. The van der Waals surface area contributed by atoms with Gasteiger partial charge >= 0.3 is 0 Å². The van der Waals surface area contributed by atoms with E-state index >= 15 is 0 Å². The van der Waals surface area contributed by atoms with E-state index in [1.54, 1.807) is 0 Å². The van der Waals surface area contributed by atoms with Crippen molar-refractivity contribution in [3.63, 3.8) is 0 Å². The molecule has 0 aliphatic carbocycles. The summed E-state index contributed by atoms with van der Waals surface area (Å²) in [4.78, 5) is 16.5. The zero-order valence-corrected chi connectivity index (χ0v) is 13.8. The Bertz CT molecular complexity index is 627. The first-order valence-corrected chi connectivity index (χ1v) is 8.67. The second-order valence-corrected chi connectivity index (χ2v) is 7.18. The van der Waals surface area contributed by atoms with Gasteiger partial charge in [0.25, 0.3) is 5.91 Å². The molecule has 4 heteroatoms. The first-order valence-electron chi connectivity index (χ1n) is 7.85. The third kappa shape index (κ3) is 3.96. The minimum atomic E-state index is 0.0132. The Balaban J connectivity index is 1.51. The number of amides is 1. The van der Waals surface area contributed by atoms with Gasteiger partial charge in [0.15, 0.2) is 0 Å². The van der Waals surface area contributed by atoms with Gasteiger partial charge in [-0.2, -0.15) is 0 Å². The molecular weight excluding hydrogens is 292 g/mol. The van der Waals surface area contributed by atoms with Crippen LogP contribution in [0, 0.1) is 6.92 Å². The molecule has 0 radical (unpaired) electrons. The normalized spacial score (nSPS) is 15.1. The molecule has 0 unspecified atom stereocenters. The monoisotopic (exact) mass is 314 g/mol. The number of hydrogen-bond acceptors (Lipinski definition) is 3. The van der Waals surface area contributed by atoms with Gasteiger partial charge in [0.1, 0.15) is 0 Å². The number of nitrogens with one attached hydrogen (secondary N) is 1. The number of carbonyl (C=O) groups excluding carboxylic acids is 1. The van der Waals surface area contributed by atoms with Crippen LogP contribution in [-0.2, 0) is 13.1 Å². The molecule has 3 rings (SSSR count). The number of thiophene rings is 1. The van der Waals surface area contributed by atoms with Crippen molar-refractivity contribution in [1.29, 1.82) is 0 Å². The third-order valence-corrected chi connectivity index (χ3v) is 5.04. The molecule has 1 aromatic heterocycles. The fourth-order valence-corrected chi connectivity index (χ4v) is 3.57. The Morgan fingerprint density at radius 3 is 2.41 bits per heavy atom. The maximum Gasteiger partial charge on any atom is 0.261 e. The molecular formula is C18H22N2OS. The maximum atomic E-state index is 12.0. The van der Waals surface area contributed by atoms with Gasteiger partial charge in [0.05, 0.1) is 4.88 Å². The molecule has 0 spiro atoms. The van der Waals surface area contributed by atoms with E-state index in [0.29, 0.717) is 6.54 Å². The van der Waals surface area contributed by atoms with Crippen molar-refractivity contribution >= 4 is 17.2 Å². The summed E-state index contributed by atoms with van der Waals surface area (Å²) in [5.74, 6) is 0.0132. The zero-order valence-electron chi connectivity index (χ0n) is 13.0. The molecule has 1 aliphatic heterocycles. The lowest BCUT2D eigenvalue weighted by Crippen LogP contribution is -2.22. The summed E-state index contributed by atoms with van der Waals surface area (Å²) in [5, 5.41) is 2.98. The summed E-state index contributed by atoms with van der Waals surface area (Å²) in [6.45, 7) is 6.08. The summed E-state index contributed by atoms with van der Waals surface area (Å²) in [5.41, 5.74) is 2.50. The molecule has 116 valence electrons. The van der Waals surface area contributed by atoms with Gasteiger partial charge < -0.3 is 5.32 Å². The second-order valence-electron chi connectivity index (χ2n) is 5.89. The predicted molar refractivity (Wildman–Crippen MR) is 91.2 cm³/mol. The highest BCUT2D eigenvalue weighted by Crippen LogP contribution is 2.15. The SMILES string of the molecule is Cc1ccc(C(=O)NCc2ccc(CN3CCCC3)cc2)s1. The summed E-state index contributed by atoms with van der Waals surface area (Å²) in [7, 11) is 0. The second kappa shape index (κ2) is 7.07. The Kier molecular flexibility index (Phi) is 4.90. The number of hydrogen-bond donors (Lipinski definition) is 1. The third-order valence-electron chi connectivity index (χ3n) is 4.05. The minimum Gasteiger partial charge on any atom is -0.347 e. The van der Waals surface area contributed by atoms with Crippen LogP contribution in [0.25, 0.3) is 0 Å². The number of benzene rings is 1. The van der Waals surface area contributed by atoms with Gasteiger partial charge in [0, 0.05) is 18.0 Å². The Labute approximate surface area is 136 Å². The van der Waals surface area contributed by atoms with Crippen molar-refractivity contribution in [3.8, 4) is 0 Å². The van der Waals surface area contributed by atoms with Crippen molar-refractivity contribution in [2.24, 2.45) is 0 Å². The molecule has 1 amide bonds. The summed E-state index contributed by atoms with van der Waals surface area (Å²) in [6, 6.07) is 12.4. The highest BCUT2D eigenvalue weighted by atomic mass is 32.1. The summed E-state index contributed by atoms with van der Waals surface area (Å²) >= 11 is 1.53. The van der Waals surface area contributed by atoms with Gasteiger partial charge in [0.2, 0.25) is 0 Å². The molecule has 2 aromatic rings. The Morgan fingerprint density at radius 2 is 1.77 bits per heavy atom.